The Bertz CT molecular complexity index is 1080. The summed E-state index contributed by atoms with van der Waals surface area (Å²) in [6.07, 6.45) is 1.21. The molecular weight excluding hydrogens is 402 g/mol. The summed E-state index contributed by atoms with van der Waals surface area (Å²) in [5.41, 5.74) is 1.86. The Hall–Kier alpha value is -2.55. The van der Waals surface area contributed by atoms with Gasteiger partial charge in [-0.1, -0.05) is 53.7 Å². The molecule has 2 aromatic carbocycles. The van der Waals surface area contributed by atoms with E-state index in [0.29, 0.717) is 55.8 Å². The van der Waals surface area contributed by atoms with E-state index in [1.54, 1.807) is 12.1 Å². The Labute approximate surface area is 176 Å². The minimum atomic E-state index is -3.52. The van der Waals surface area contributed by atoms with Crippen molar-refractivity contribution in [1.82, 2.24) is 14.4 Å². The largest absolute Gasteiger partial charge is 0.376 e. The number of rotatable bonds is 8. The average Bonchev–Trinajstić information content (AvgIpc) is 3.42. The molecule has 0 spiro atoms. The highest BCUT2D eigenvalue weighted by Crippen LogP contribution is 2.31. The highest BCUT2D eigenvalue weighted by atomic mass is 32.2. The second-order valence-corrected chi connectivity index (χ2v) is 9.36. The fourth-order valence-corrected chi connectivity index (χ4v) is 5.32. The molecule has 0 amide bonds. The maximum Gasteiger partial charge on any atom is 0.243 e. The van der Waals surface area contributed by atoms with E-state index >= 15 is 0 Å². The fraction of sp³-hybridized carbons (Fsp3) is 0.364. The summed E-state index contributed by atoms with van der Waals surface area (Å²) in [4.78, 5) is 4.82. The molecule has 0 N–H and O–H groups in total. The monoisotopic (exact) mass is 427 g/mol. The van der Waals surface area contributed by atoms with Crippen molar-refractivity contribution < 1.29 is 17.7 Å². The van der Waals surface area contributed by atoms with Gasteiger partial charge in [-0.2, -0.15) is 9.29 Å². The maximum atomic E-state index is 13.0. The standard InChI is InChI=1S/C22H25N3O4S/c1-17-7-5-6-10-20(17)30(26,27)25-13-11-19(15-25)22-23-21(24-29-22)12-14-28-16-18-8-3-2-4-9-18/h2-10,19H,11-16H2,1H3. The molecule has 1 atom stereocenters. The van der Waals surface area contributed by atoms with Gasteiger partial charge < -0.3 is 9.26 Å². The van der Waals surface area contributed by atoms with Crippen molar-refractivity contribution in [3.8, 4) is 0 Å². The van der Waals surface area contributed by atoms with Gasteiger partial charge in [0, 0.05) is 19.5 Å². The quantitative estimate of drug-likeness (QED) is 0.513. The van der Waals surface area contributed by atoms with Crippen LogP contribution in [0.15, 0.2) is 64.0 Å². The van der Waals surface area contributed by atoms with Crippen molar-refractivity contribution >= 4 is 10.0 Å². The van der Waals surface area contributed by atoms with Crippen molar-refractivity contribution in [3.05, 3.63) is 77.4 Å². The molecule has 0 aliphatic carbocycles. The molecule has 1 saturated heterocycles. The van der Waals surface area contributed by atoms with E-state index in [1.807, 2.05) is 49.4 Å². The van der Waals surface area contributed by atoms with E-state index < -0.39 is 10.0 Å². The Morgan fingerprint density at radius 2 is 1.90 bits per heavy atom. The summed E-state index contributed by atoms with van der Waals surface area (Å²) in [7, 11) is -3.52. The predicted octanol–water partition coefficient (Wildman–Crippen LogP) is 3.32. The minimum Gasteiger partial charge on any atom is -0.376 e. The molecule has 1 fully saturated rings. The molecule has 1 aliphatic rings. The van der Waals surface area contributed by atoms with Crippen molar-refractivity contribution in [2.75, 3.05) is 19.7 Å². The first-order valence-corrected chi connectivity index (χ1v) is 11.5. The van der Waals surface area contributed by atoms with Crippen LogP contribution in [0.4, 0.5) is 0 Å². The lowest BCUT2D eigenvalue weighted by molar-refractivity contribution is 0.122. The first-order valence-electron chi connectivity index (χ1n) is 10.0. The number of hydrogen-bond acceptors (Lipinski definition) is 6. The lowest BCUT2D eigenvalue weighted by Crippen LogP contribution is -2.29. The lowest BCUT2D eigenvalue weighted by Gasteiger charge is -2.17. The predicted molar refractivity (Wildman–Crippen MR) is 111 cm³/mol. The molecule has 0 bridgehead atoms. The van der Waals surface area contributed by atoms with Crippen LogP contribution >= 0.6 is 0 Å². The molecule has 7 nitrogen and oxygen atoms in total. The normalized spacial score (nSPS) is 17.4. The number of hydrogen-bond donors (Lipinski definition) is 0. The van der Waals surface area contributed by atoms with Crippen molar-refractivity contribution in [2.45, 2.75) is 37.2 Å². The Kier molecular flexibility index (Phi) is 6.26. The van der Waals surface area contributed by atoms with Crippen LogP contribution in [0.25, 0.3) is 0 Å². The van der Waals surface area contributed by atoms with Gasteiger partial charge in [0.1, 0.15) is 0 Å². The van der Waals surface area contributed by atoms with Crippen LogP contribution < -0.4 is 0 Å². The summed E-state index contributed by atoms with van der Waals surface area (Å²) in [5, 5.41) is 4.03. The third-order valence-corrected chi connectivity index (χ3v) is 7.30. The fourth-order valence-electron chi connectivity index (χ4n) is 3.60. The van der Waals surface area contributed by atoms with Crippen LogP contribution in [-0.2, 0) is 27.8 Å². The number of sulfonamides is 1. The molecule has 8 heteroatoms. The molecule has 4 rings (SSSR count). The van der Waals surface area contributed by atoms with Gasteiger partial charge in [0.05, 0.1) is 24.0 Å². The molecule has 158 valence electrons. The smallest absolute Gasteiger partial charge is 0.243 e. The number of aryl methyl sites for hydroxylation is 1. The highest BCUT2D eigenvalue weighted by Gasteiger charge is 2.36. The zero-order valence-electron chi connectivity index (χ0n) is 16.9. The van der Waals surface area contributed by atoms with E-state index in [4.69, 9.17) is 9.26 Å². The van der Waals surface area contributed by atoms with Crippen LogP contribution in [0.3, 0.4) is 0 Å². The molecule has 1 unspecified atom stereocenters. The van der Waals surface area contributed by atoms with Crippen LogP contribution in [0.5, 0.6) is 0 Å². The first kappa shape index (κ1) is 20.7. The summed E-state index contributed by atoms with van der Waals surface area (Å²) < 4.78 is 38.5. The Morgan fingerprint density at radius 3 is 2.70 bits per heavy atom. The van der Waals surface area contributed by atoms with Gasteiger partial charge in [-0.05, 0) is 30.5 Å². The van der Waals surface area contributed by atoms with Gasteiger partial charge in [-0.25, -0.2) is 8.42 Å². The Morgan fingerprint density at radius 1 is 1.13 bits per heavy atom. The van der Waals surface area contributed by atoms with Gasteiger partial charge >= 0.3 is 0 Å². The Balaban J connectivity index is 1.32. The van der Waals surface area contributed by atoms with E-state index in [-0.39, 0.29) is 5.92 Å². The van der Waals surface area contributed by atoms with Gasteiger partial charge in [-0.3, -0.25) is 0 Å². The zero-order chi connectivity index (χ0) is 21.0. The van der Waals surface area contributed by atoms with E-state index in [9.17, 15) is 8.42 Å². The molecule has 0 radical (unpaired) electrons. The lowest BCUT2D eigenvalue weighted by atomic mass is 10.1. The van der Waals surface area contributed by atoms with E-state index in [2.05, 4.69) is 10.1 Å². The van der Waals surface area contributed by atoms with Gasteiger partial charge in [0.25, 0.3) is 0 Å². The van der Waals surface area contributed by atoms with Crippen LogP contribution in [-0.4, -0.2) is 42.6 Å². The molecule has 0 saturated carbocycles. The van der Waals surface area contributed by atoms with Gasteiger partial charge in [0.2, 0.25) is 15.9 Å². The number of nitrogens with zero attached hydrogens (tertiary/aromatic N) is 3. The third kappa shape index (κ3) is 4.61. The van der Waals surface area contributed by atoms with E-state index in [0.717, 1.165) is 11.1 Å². The first-order chi connectivity index (χ1) is 14.5. The molecule has 1 aromatic heterocycles. The van der Waals surface area contributed by atoms with Crippen molar-refractivity contribution in [2.24, 2.45) is 0 Å². The van der Waals surface area contributed by atoms with Crippen LogP contribution in [0.1, 0.15) is 35.2 Å². The second-order valence-electron chi connectivity index (χ2n) is 7.45. The molecule has 1 aliphatic heterocycles. The molecular formula is C22H25N3O4S. The van der Waals surface area contributed by atoms with Crippen LogP contribution in [0, 0.1) is 6.92 Å². The number of benzene rings is 2. The highest BCUT2D eigenvalue weighted by molar-refractivity contribution is 7.89. The summed E-state index contributed by atoms with van der Waals surface area (Å²) in [6.45, 7) is 3.64. The molecule has 2 heterocycles. The maximum absolute atomic E-state index is 13.0. The number of ether oxygens (including phenoxy) is 1. The zero-order valence-corrected chi connectivity index (χ0v) is 17.7. The van der Waals surface area contributed by atoms with Crippen molar-refractivity contribution in [3.63, 3.8) is 0 Å². The molecule has 30 heavy (non-hydrogen) atoms. The summed E-state index contributed by atoms with van der Waals surface area (Å²) >= 11 is 0. The summed E-state index contributed by atoms with van der Waals surface area (Å²) in [5.74, 6) is 0.990. The van der Waals surface area contributed by atoms with Crippen LogP contribution in [0.2, 0.25) is 0 Å². The average molecular weight is 428 g/mol. The number of aromatic nitrogens is 2. The SMILES string of the molecule is Cc1ccccc1S(=O)(=O)N1CCC(c2nc(CCOCc3ccccc3)no2)C1. The molecule has 3 aromatic rings. The van der Waals surface area contributed by atoms with E-state index in [1.165, 1.54) is 4.31 Å². The third-order valence-electron chi connectivity index (χ3n) is 5.28. The topological polar surface area (TPSA) is 85.5 Å². The van der Waals surface area contributed by atoms with Gasteiger partial charge in [0.15, 0.2) is 5.82 Å². The van der Waals surface area contributed by atoms with Gasteiger partial charge in [-0.15, -0.1) is 0 Å². The summed E-state index contributed by atoms with van der Waals surface area (Å²) in [6, 6.07) is 17.0. The second kappa shape index (κ2) is 9.07. The van der Waals surface area contributed by atoms with Crippen molar-refractivity contribution in [1.29, 1.82) is 0 Å². The minimum absolute atomic E-state index is 0.0877.